The fourth-order valence-electron chi connectivity index (χ4n) is 0.751. The highest BCUT2D eigenvalue weighted by atomic mass is 35.5. The lowest BCUT2D eigenvalue weighted by atomic mass is 10.1. The molecule has 0 spiro atoms. The van der Waals surface area contributed by atoms with E-state index in [1.807, 2.05) is 0 Å². The molecule has 0 aliphatic rings. The van der Waals surface area contributed by atoms with E-state index in [4.69, 9.17) is 22.0 Å². The van der Waals surface area contributed by atoms with Crippen LogP contribution in [0.15, 0.2) is 24.3 Å². The summed E-state index contributed by atoms with van der Waals surface area (Å²) in [6, 6.07) is 8.31. The molecule has 0 amide bonds. The van der Waals surface area contributed by atoms with Gasteiger partial charge in [0.2, 0.25) is 0 Å². The fraction of sp³-hybridized carbons (Fsp3) is 0.125. The first-order chi connectivity index (χ1) is 5.24. The first kappa shape index (κ1) is 8.06. The molecule has 0 radical (unpaired) electrons. The summed E-state index contributed by atoms with van der Waals surface area (Å²) in [5.74, 6) is 0. The van der Waals surface area contributed by atoms with Gasteiger partial charge in [-0.2, -0.15) is 5.26 Å². The van der Waals surface area contributed by atoms with Gasteiger partial charge < -0.3 is 5.11 Å². The third kappa shape index (κ3) is 1.94. The van der Waals surface area contributed by atoms with E-state index in [1.165, 1.54) is 0 Å². The van der Waals surface area contributed by atoms with Crippen molar-refractivity contribution in [2.24, 2.45) is 0 Å². The van der Waals surface area contributed by atoms with Crippen molar-refractivity contribution in [3.8, 4) is 6.07 Å². The van der Waals surface area contributed by atoms with Crippen molar-refractivity contribution in [2.45, 2.75) is 6.10 Å². The van der Waals surface area contributed by atoms with E-state index in [-0.39, 0.29) is 0 Å². The number of benzene rings is 1. The molecule has 0 fully saturated rings. The van der Waals surface area contributed by atoms with Crippen molar-refractivity contribution >= 4 is 11.6 Å². The van der Waals surface area contributed by atoms with Gasteiger partial charge in [0.25, 0.3) is 0 Å². The van der Waals surface area contributed by atoms with Crippen LogP contribution >= 0.6 is 11.6 Å². The van der Waals surface area contributed by atoms with Crippen LogP contribution in [0, 0.1) is 11.3 Å². The standard InChI is InChI=1S/C8H6ClNO/c9-7-3-1-2-6(4-7)8(11)5-10/h1-4,8,11H/t8-/m1/s1. The zero-order valence-corrected chi connectivity index (χ0v) is 6.42. The fourth-order valence-corrected chi connectivity index (χ4v) is 0.950. The molecule has 56 valence electrons. The second-order valence-corrected chi connectivity index (χ2v) is 2.52. The van der Waals surface area contributed by atoms with Crippen molar-refractivity contribution < 1.29 is 5.11 Å². The lowest BCUT2D eigenvalue weighted by Crippen LogP contribution is -1.91. The summed E-state index contributed by atoms with van der Waals surface area (Å²) >= 11 is 5.63. The molecule has 0 aromatic heterocycles. The lowest BCUT2D eigenvalue weighted by molar-refractivity contribution is 0.236. The van der Waals surface area contributed by atoms with Gasteiger partial charge in [-0.25, -0.2) is 0 Å². The van der Waals surface area contributed by atoms with Crippen LogP contribution in [0.3, 0.4) is 0 Å². The van der Waals surface area contributed by atoms with E-state index in [2.05, 4.69) is 0 Å². The van der Waals surface area contributed by atoms with Crippen molar-refractivity contribution in [1.82, 2.24) is 0 Å². The van der Waals surface area contributed by atoms with Crippen LogP contribution in [0.25, 0.3) is 0 Å². The predicted octanol–water partition coefficient (Wildman–Crippen LogP) is 1.90. The van der Waals surface area contributed by atoms with Crippen molar-refractivity contribution in [3.63, 3.8) is 0 Å². The van der Waals surface area contributed by atoms with Gasteiger partial charge in [0, 0.05) is 5.02 Å². The highest BCUT2D eigenvalue weighted by Crippen LogP contribution is 2.16. The van der Waals surface area contributed by atoms with Gasteiger partial charge in [-0.15, -0.1) is 0 Å². The van der Waals surface area contributed by atoms with E-state index < -0.39 is 6.10 Å². The highest BCUT2D eigenvalue weighted by molar-refractivity contribution is 6.30. The van der Waals surface area contributed by atoms with Crippen molar-refractivity contribution in [2.75, 3.05) is 0 Å². The van der Waals surface area contributed by atoms with E-state index in [1.54, 1.807) is 30.3 Å². The molecule has 0 saturated carbocycles. The first-order valence-corrected chi connectivity index (χ1v) is 3.45. The number of hydrogen-bond donors (Lipinski definition) is 1. The smallest absolute Gasteiger partial charge is 0.165 e. The van der Waals surface area contributed by atoms with Gasteiger partial charge >= 0.3 is 0 Å². The Labute approximate surface area is 69.7 Å². The number of halogens is 1. The average Bonchev–Trinajstić information content (AvgIpc) is 2.03. The molecule has 0 aliphatic carbocycles. The molecule has 0 saturated heterocycles. The number of rotatable bonds is 1. The molecular formula is C8H6ClNO. The molecule has 0 heterocycles. The average molecular weight is 168 g/mol. The molecule has 3 heteroatoms. The monoisotopic (exact) mass is 167 g/mol. The maximum absolute atomic E-state index is 9.03. The van der Waals surface area contributed by atoms with E-state index in [0.29, 0.717) is 10.6 Å². The molecule has 1 aromatic rings. The molecule has 0 unspecified atom stereocenters. The Bertz CT molecular complexity index is 292. The molecule has 11 heavy (non-hydrogen) atoms. The molecule has 1 rings (SSSR count). The zero-order valence-electron chi connectivity index (χ0n) is 5.66. The summed E-state index contributed by atoms with van der Waals surface area (Å²) in [6.45, 7) is 0. The van der Waals surface area contributed by atoms with Crippen LogP contribution in [0.1, 0.15) is 11.7 Å². The van der Waals surface area contributed by atoms with E-state index in [9.17, 15) is 0 Å². The summed E-state index contributed by atoms with van der Waals surface area (Å²) in [4.78, 5) is 0. The van der Waals surface area contributed by atoms with Crippen LogP contribution in [0.5, 0.6) is 0 Å². The summed E-state index contributed by atoms with van der Waals surface area (Å²) in [7, 11) is 0. The molecule has 1 N–H and O–H groups in total. The van der Waals surface area contributed by atoms with E-state index >= 15 is 0 Å². The molecule has 1 atom stereocenters. The number of aliphatic hydroxyl groups is 1. The Kier molecular flexibility index (Phi) is 2.48. The van der Waals surface area contributed by atoms with Gasteiger partial charge in [0.1, 0.15) is 0 Å². The van der Waals surface area contributed by atoms with Gasteiger partial charge in [0.05, 0.1) is 6.07 Å². The Morgan fingerprint density at radius 3 is 2.82 bits per heavy atom. The molecule has 2 nitrogen and oxygen atoms in total. The van der Waals surface area contributed by atoms with Crippen LogP contribution in [0.2, 0.25) is 5.02 Å². The Balaban J connectivity index is 2.98. The van der Waals surface area contributed by atoms with Gasteiger partial charge in [-0.3, -0.25) is 0 Å². The summed E-state index contributed by atoms with van der Waals surface area (Å²) in [5, 5.41) is 17.9. The normalized spacial score (nSPS) is 12.1. The third-order valence-electron chi connectivity index (χ3n) is 1.29. The highest BCUT2D eigenvalue weighted by Gasteiger charge is 2.04. The van der Waals surface area contributed by atoms with Crippen LogP contribution in [-0.4, -0.2) is 5.11 Å². The molecular weight excluding hydrogens is 162 g/mol. The lowest BCUT2D eigenvalue weighted by Gasteiger charge is -2.00. The third-order valence-corrected chi connectivity index (χ3v) is 1.52. The minimum atomic E-state index is -1.08. The summed E-state index contributed by atoms with van der Waals surface area (Å²) in [6.07, 6.45) is -1.08. The predicted molar refractivity (Wildman–Crippen MR) is 42.0 cm³/mol. The second-order valence-electron chi connectivity index (χ2n) is 2.09. The van der Waals surface area contributed by atoms with Gasteiger partial charge in [-0.05, 0) is 17.7 Å². The minimum absolute atomic E-state index is 0.525. The second kappa shape index (κ2) is 3.38. The molecule has 0 bridgehead atoms. The summed E-state index contributed by atoms with van der Waals surface area (Å²) < 4.78 is 0. The largest absolute Gasteiger partial charge is 0.374 e. The van der Waals surface area contributed by atoms with Crippen LogP contribution < -0.4 is 0 Å². The Morgan fingerprint density at radius 1 is 1.55 bits per heavy atom. The molecule has 0 aliphatic heterocycles. The van der Waals surface area contributed by atoms with Crippen molar-refractivity contribution in [1.29, 1.82) is 5.26 Å². The maximum atomic E-state index is 9.03. The number of nitriles is 1. The van der Waals surface area contributed by atoms with Crippen molar-refractivity contribution in [3.05, 3.63) is 34.9 Å². The van der Waals surface area contributed by atoms with Gasteiger partial charge in [-0.1, -0.05) is 23.7 Å². The summed E-state index contributed by atoms with van der Waals surface area (Å²) in [5.41, 5.74) is 0.528. The Hall–Kier alpha value is -1.04. The molecule has 1 aromatic carbocycles. The van der Waals surface area contributed by atoms with Crippen LogP contribution in [0.4, 0.5) is 0 Å². The number of nitrogens with zero attached hydrogens (tertiary/aromatic N) is 1. The minimum Gasteiger partial charge on any atom is -0.374 e. The zero-order chi connectivity index (χ0) is 8.27. The van der Waals surface area contributed by atoms with E-state index in [0.717, 1.165) is 0 Å². The van der Waals surface area contributed by atoms with Gasteiger partial charge in [0.15, 0.2) is 6.10 Å². The Morgan fingerprint density at radius 2 is 2.27 bits per heavy atom. The quantitative estimate of drug-likeness (QED) is 0.650. The maximum Gasteiger partial charge on any atom is 0.165 e. The first-order valence-electron chi connectivity index (χ1n) is 3.07. The number of aliphatic hydroxyl groups excluding tert-OH is 1. The SMILES string of the molecule is N#C[C@@H](O)c1cccc(Cl)c1. The van der Waals surface area contributed by atoms with Crippen LogP contribution in [-0.2, 0) is 0 Å². The topological polar surface area (TPSA) is 44.0 Å². The number of hydrogen-bond acceptors (Lipinski definition) is 2.